The summed E-state index contributed by atoms with van der Waals surface area (Å²) in [6, 6.07) is 18.1. The molecule has 0 aromatic heterocycles. The van der Waals surface area contributed by atoms with E-state index in [0.29, 0.717) is 12.0 Å². The minimum absolute atomic E-state index is 0.0975. The molecule has 0 spiro atoms. The standard InChI is InChI=1S/C23H27N5O2/c1-27-13-15-28(16-14-27)20-9-7-19(8-10-20)22(29)26-21(23(30)25-12-11-24)17-18-5-3-2-4-6-18/h2-10,21H,12-17H2,1H3,(H,25,30)(H,26,29). The van der Waals surface area contributed by atoms with E-state index in [2.05, 4.69) is 27.5 Å². The van der Waals surface area contributed by atoms with Gasteiger partial charge in [-0.1, -0.05) is 30.3 Å². The van der Waals surface area contributed by atoms with Gasteiger partial charge in [-0.25, -0.2) is 0 Å². The third kappa shape index (κ3) is 5.82. The molecular formula is C23H27N5O2. The Morgan fingerprint density at radius 2 is 1.70 bits per heavy atom. The zero-order valence-corrected chi connectivity index (χ0v) is 17.2. The zero-order valence-electron chi connectivity index (χ0n) is 17.2. The van der Waals surface area contributed by atoms with E-state index < -0.39 is 6.04 Å². The Labute approximate surface area is 177 Å². The molecule has 1 fully saturated rings. The fourth-order valence-electron chi connectivity index (χ4n) is 3.44. The van der Waals surface area contributed by atoms with Gasteiger partial charge in [0, 0.05) is 43.9 Å². The van der Waals surface area contributed by atoms with E-state index in [1.165, 1.54) is 0 Å². The van der Waals surface area contributed by atoms with Crippen molar-refractivity contribution in [1.29, 1.82) is 5.26 Å². The first-order chi connectivity index (χ1) is 14.6. The van der Waals surface area contributed by atoms with Crippen molar-refractivity contribution in [1.82, 2.24) is 15.5 Å². The van der Waals surface area contributed by atoms with Crippen molar-refractivity contribution < 1.29 is 9.59 Å². The highest BCUT2D eigenvalue weighted by molar-refractivity contribution is 5.97. The van der Waals surface area contributed by atoms with E-state index in [4.69, 9.17) is 5.26 Å². The molecule has 0 aliphatic carbocycles. The van der Waals surface area contributed by atoms with Crippen LogP contribution in [0, 0.1) is 11.3 Å². The molecule has 2 N–H and O–H groups in total. The molecule has 2 aromatic carbocycles. The number of hydrogen-bond acceptors (Lipinski definition) is 5. The summed E-state index contributed by atoms with van der Waals surface area (Å²) in [4.78, 5) is 29.8. The van der Waals surface area contributed by atoms with E-state index >= 15 is 0 Å². The first-order valence-corrected chi connectivity index (χ1v) is 10.1. The Morgan fingerprint density at radius 1 is 1.03 bits per heavy atom. The van der Waals surface area contributed by atoms with Crippen LogP contribution in [-0.2, 0) is 11.2 Å². The van der Waals surface area contributed by atoms with Gasteiger partial charge in [0.2, 0.25) is 5.91 Å². The second-order valence-electron chi connectivity index (χ2n) is 7.43. The molecule has 1 unspecified atom stereocenters. The highest BCUT2D eigenvalue weighted by Crippen LogP contribution is 2.17. The third-order valence-corrected chi connectivity index (χ3v) is 5.24. The largest absolute Gasteiger partial charge is 0.369 e. The molecule has 2 amide bonds. The highest BCUT2D eigenvalue weighted by atomic mass is 16.2. The molecule has 7 nitrogen and oxygen atoms in total. The lowest BCUT2D eigenvalue weighted by molar-refractivity contribution is -0.122. The predicted molar refractivity (Wildman–Crippen MR) is 116 cm³/mol. The minimum Gasteiger partial charge on any atom is -0.369 e. The van der Waals surface area contributed by atoms with Crippen LogP contribution in [0.15, 0.2) is 54.6 Å². The number of nitrogens with one attached hydrogen (secondary N) is 2. The van der Waals surface area contributed by atoms with Gasteiger partial charge in [-0.15, -0.1) is 0 Å². The minimum atomic E-state index is -0.759. The summed E-state index contributed by atoms with van der Waals surface area (Å²) in [5.41, 5.74) is 2.52. The Morgan fingerprint density at radius 3 is 2.33 bits per heavy atom. The maximum atomic E-state index is 12.8. The van der Waals surface area contributed by atoms with Gasteiger partial charge in [-0.2, -0.15) is 5.26 Å². The lowest BCUT2D eigenvalue weighted by atomic mass is 10.0. The van der Waals surface area contributed by atoms with E-state index in [-0.39, 0.29) is 18.4 Å². The molecule has 1 aliphatic heterocycles. The molecule has 0 radical (unpaired) electrons. The number of rotatable bonds is 7. The van der Waals surface area contributed by atoms with Gasteiger partial charge in [-0.3, -0.25) is 9.59 Å². The first-order valence-electron chi connectivity index (χ1n) is 10.1. The van der Waals surface area contributed by atoms with E-state index in [0.717, 1.165) is 37.4 Å². The molecule has 3 rings (SSSR count). The van der Waals surface area contributed by atoms with Gasteiger partial charge >= 0.3 is 0 Å². The number of piperazine rings is 1. The normalized spacial score (nSPS) is 15.1. The number of anilines is 1. The summed E-state index contributed by atoms with van der Waals surface area (Å²) >= 11 is 0. The maximum absolute atomic E-state index is 12.8. The zero-order chi connectivity index (χ0) is 21.3. The fourth-order valence-corrected chi connectivity index (χ4v) is 3.44. The SMILES string of the molecule is CN1CCN(c2ccc(C(=O)NC(Cc3ccccc3)C(=O)NCC#N)cc2)CC1. The molecule has 1 aliphatic rings. The van der Waals surface area contributed by atoms with Gasteiger partial charge in [0.15, 0.2) is 0 Å². The van der Waals surface area contributed by atoms with Crippen molar-refractivity contribution >= 4 is 17.5 Å². The first kappa shape index (κ1) is 21.3. The predicted octanol–water partition coefficient (Wildman–Crippen LogP) is 1.42. The number of nitriles is 1. The topological polar surface area (TPSA) is 88.5 Å². The van der Waals surface area contributed by atoms with Crippen LogP contribution >= 0.6 is 0 Å². The summed E-state index contributed by atoms with van der Waals surface area (Å²) in [6.07, 6.45) is 0.350. The summed E-state index contributed by atoms with van der Waals surface area (Å²) in [5, 5.41) is 14.1. The monoisotopic (exact) mass is 405 g/mol. The lowest BCUT2D eigenvalue weighted by Crippen LogP contribution is -2.48. The van der Waals surface area contributed by atoms with Crippen LogP contribution in [0.3, 0.4) is 0 Å². The highest BCUT2D eigenvalue weighted by Gasteiger charge is 2.22. The van der Waals surface area contributed by atoms with Crippen LogP contribution in [0.1, 0.15) is 15.9 Å². The van der Waals surface area contributed by atoms with Gasteiger partial charge in [-0.05, 0) is 36.9 Å². The average Bonchev–Trinajstić information content (AvgIpc) is 2.78. The number of amides is 2. The van der Waals surface area contributed by atoms with Crippen molar-refractivity contribution in [2.45, 2.75) is 12.5 Å². The number of hydrogen-bond donors (Lipinski definition) is 2. The molecule has 7 heteroatoms. The molecule has 0 bridgehead atoms. The van der Waals surface area contributed by atoms with Crippen LogP contribution < -0.4 is 15.5 Å². The number of benzene rings is 2. The summed E-state index contributed by atoms with van der Waals surface area (Å²) in [7, 11) is 2.11. The molecule has 156 valence electrons. The van der Waals surface area contributed by atoms with Crippen molar-refractivity contribution in [3.05, 3.63) is 65.7 Å². The van der Waals surface area contributed by atoms with Gasteiger partial charge in [0.05, 0.1) is 6.07 Å². The molecule has 1 atom stereocenters. The van der Waals surface area contributed by atoms with Crippen LogP contribution in [0.4, 0.5) is 5.69 Å². The van der Waals surface area contributed by atoms with Crippen molar-refractivity contribution in [3.8, 4) is 6.07 Å². The fraction of sp³-hybridized carbons (Fsp3) is 0.348. The molecular weight excluding hydrogens is 378 g/mol. The lowest BCUT2D eigenvalue weighted by Gasteiger charge is -2.34. The van der Waals surface area contributed by atoms with Crippen LogP contribution in [0.2, 0.25) is 0 Å². The number of carbonyl (C=O) groups is 2. The maximum Gasteiger partial charge on any atom is 0.251 e. The van der Waals surface area contributed by atoms with E-state index in [9.17, 15) is 9.59 Å². The molecule has 1 saturated heterocycles. The van der Waals surface area contributed by atoms with Gasteiger partial charge in [0.25, 0.3) is 5.91 Å². The second kappa shape index (κ2) is 10.4. The van der Waals surface area contributed by atoms with Crippen LogP contribution in [-0.4, -0.2) is 62.5 Å². The molecule has 2 aromatic rings. The van der Waals surface area contributed by atoms with E-state index in [1.54, 1.807) is 12.1 Å². The number of nitrogens with zero attached hydrogens (tertiary/aromatic N) is 3. The number of likely N-dealkylation sites (N-methyl/N-ethyl adjacent to an activating group) is 1. The average molecular weight is 406 g/mol. The van der Waals surface area contributed by atoms with E-state index in [1.807, 2.05) is 48.5 Å². The van der Waals surface area contributed by atoms with Gasteiger partial charge in [0.1, 0.15) is 12.6 Å². The quantitative estimate of drug-likeness (QED) is 0.680. The second-order valence-corrected chi connectivity index (χ2v) is 7.43. The Balaban J connectivity index is 1.66. The Hall–Kier alpha value is -3.37. The summed E-state index contributed by atoms with van der Waals surface area (Å²) in [6.45, 7) is 3.85. The third-order valence-electron chi connectivity index (χ3n) is 5.24. The molecule has 30 heavy (non-hydrogen) atoms. The van der Waals surface area contributed by atoms with Gasteiger partial charge < -0.3 is 20.4 Å². The van der Waals surface area contributed by atoms with Crippen LogP contribution in [0.25, 0.3) is 0 Å². The van der Waals surface area contributed by atoms with Crippen molar-refractivity contribution in [2.24, 2.45) is 0 Å². The summed E-state index contributed by atoms with van der Waals surface area (Å²) in [5.74, 6) is -0.684. The van der Waals surface area contributed by atoms with Crippen molar-refractivity contribution in [2.75, 3.05) is 44.7 Å². The summed E-state index contributed by atoms with van der Waals surface area (Å²) < 4.78 is 0. The Bertz CT molecular complexity index is 884. The smallest absolute Gasteiger partial charge is 0.251 e. The molecule has 0 saturated carbocycles. The molecule has 1 heterocycles. The van der Waals surface area contributed by atoms with Crippen molar-refractivity contribution in [3.63, 3.8) is 0 Å². The number of carbonyl (C=O) groups excluding carboxylic acids is 2. The Kier molecular flexibility index (Phi) is 7.41. The van der Waals surface area contributed by atoms with Crippen LogP contribution in [0.5, 0.6) is 0 Å².